The summed E-state index contributed by atoms with van der Waals surface area (Å²) in [6.07, 6.45) is 4.35. The van der Waals surface area contributed by atoms with Crippen molar-refractivity contribution in [3.63, 3.8) is 0 Å². The molecular formula is C19H26N4O3S. The zero-order chi connectivity index (χ0) is 19.0. The van der Waals surface area contributed by atoms with Crippen LogP contribution in [-0.4, -0.2) is 49.1 Å². The minimum Gasteiger partial charge on any atom is -0.408 e. The third kappa shape index (κ3) is 3.60. The molecule has 0 saturated carbocycles. The third-order valence-electron chi connectivity index (χ3n) is 5.39. The number of aryl methyl sites for hydroxylation is 2. The molecule has 0 bridgehead atoms. The van der Waals surface area contributed by atoms with E-state index in [0.717, 1.165) is 19.3 Å². The van der Waals surface area contributed by atoms with Crippen LogP contribution in [0.5, 0.6) is 0 Å². The molecule has 2 aromatic rings. The summed E-state index contributed by atoms with van der Waals surface area (Å²) in [5, 5.41) is 8.15. The Morgan fingerprint density at radius 2 is 1.70 bits per heavy atom. The van der Waals surface area contributed by atoms with Crippen molar-refractivity contribution in [2.24, 2.45) is 0 Å². The number of sulfonamides is 1. The Morgan fingerprint density at radius 3 is 2.37 bits per heavy atom. The summed E-state index contributed by atoms with van der Waals surface area (Å²) in [6, 6.07) is 6.11. The van der Waals surface area contributed by atoms with Crippen molar-refractivity contribution in [2.45, 2.75) is 50.3 Å². The first-order valence-corrected chi connectivity index (χ1v) is 11.1. The van der Waals surface area contributed by atoms with Gasteiger partial charge in [-0.2, -0.15) is 4.31 Å². The third-order valence-corrected chi connectivity index (χ3v) is 7.29. The fourth-order valence-electron chi connectivity index (χ4n) is 3.73. The molecule has 0 unspecified atom stereocenters. The SMILES string of the molecule is CC(C)c1nnc(N2CCN(S(=O)(=O)c3ccc4c(c3)CCCC4)CC2)o1. The quantitative estimate of drug-likeness (QED) is 0.798. The molecule has 2 heterocycles. The Bertz CT molecular complexity index is 915. The van der Waals surface area contributed by atoms with Crippen LogP contribution in [0.25, 0.3) is 0 Å². The zero-order valence-corrected chi connectivity index (χ0v) is 16.7. The second-order valence-electron chi connectivity index (χ2n) is 7.61. The predicted octanol–water partition coefficient (Wildman–Crippen LogP) is 2.58. The molecule has 2 aliphatic rings. The van der Waals surface area contributed by atoms with Crippen LogP contribution >= 0.6 is 0 Å². The summed E-state index contributed by atoms with van der Waals surface area (Å²) in [5.41, 5.74) is 2.48. The van der Waals surface area contributed by atoms with E-state index in [1.807, 2.05) is 30.9 Å². The fourth-order valence-corrected chi connectivity index (χ4v) is 5.20. The number of fused-ring (bicyclic) bond motifs is 1. The molecule has 1 aliphatic heterocycles. The minimum atomic E-state index is -3.47. The van der Waals surface area contributed by atoms with Gasteiger partial charge in [0.15, 0.2) is 0 Å². The number of nitrogens with zero attached hydrogens (tertiary/aromatic N) is 4. The smallest absolute Gasteiger partial charge is 0.318 e. The molecule has 1 fully saturated rings. The van der Waals surface area contributed by atoms with E-state index in [1.165, 1.54) is 17.5 Å². The highest BCUT2D eigenvalue weighted by atomic mass is 32.2. The summed E-state index contributed by atoms with van der Waals surface area (Å²) in [6.45, 7) is 5.92. The van der Waals surface area contributed by atoms with Gasteiger partial charge in [0.2, 0.25) is 15.9 Å². The van der Waals surface area contributed by atoms with Gasteiger partial charge < -0.3 is 9.32 Å². The van der Waals surface area contributed by atoms with Crippen molar-refractivity contribution in [1.29, 1.82) is 0 Å². The van der Waals surface area contributed by atoms with Gasteiger partial charge in [-0.3, -0.25) is 0 Å². The molecule has 1 aliphatic carbocycles. The van der Waals surface area contributed by atoms with Crippen LogP contribution < -0.4 is 4.90 Å². The second kappa shape index (κ2) is 7.24. The van der Waals surface area contributed by atoms with Crippen LogP contribution in [0, 0.1) is 0 Å². The van der Waals surface area contributed by atoms with Crippen molar-refractivity contribution < 1.29 is 12.8 Å². The Balaban J connectivity index is 1.46. The maximum Gasteiger partial charge on any atom is 0.318 e. The first-order valence-electron chi connectivity index (χ1n) is 9.65. The first-order chi connectivity index (χ1) is 12.9. The van der Waals surface area contributed by atoms with Gasteiger partial charge in [-0.1, -0.05) is 25.0 Å². The summed E-state index contributed by atoms with van der Waals surface area (Å²) in [4.78, 5) is 2.37. The lowest BCUT2D eigenvalue weighted by molar-refractivity contribution is 0.367. The van der Waals surface area contributed by atoms with Crippen LogP contribution in [0.1, 0.15) is 49.6 Å². The van der Waals surface area contributed by atoms with E-state index in [9.17, 15) is 8.42 Å². The van der Waals surface area contributed by atoms with Crippen molar-refractivity contribution in [2.75, 3.05) is 31.1 Å². The molecular weight excluding hydrogens is 364 g/mol. The number of rotatable bonds is 4. The Morgan fingerprint density at radius 1 is 1.00 bits per heavy atom. The van der Waals surface area contributed by atoms with Crippen LogP contribution in [0.2, 0.25) is 0 Å². The Kier molecular flexibility index (Phi) is 4.94. The zero-order valence-electron chi connectivity index (χ0n) is 15.9. The minimum absolute atomic E-state index is 0.178. The topological polar surface area (TPSA) is 79.5 Å². The Hall–Kier alpha value is -1.93. The molecule has 4 rings (SSSR count). The number of hydrogen-bond donors (Lipinski definition) is 0. The van der Waals surface area contributed by atoms with E-state index in [2.05, 4.69) is 10.2 Å². The van der Waals surface area contributed by atoms with Gasteiger partial charge in [0, 0.05) is 32.1 Å². The van der Waals surface area contributed by atoms with Crippen molar-refractivity contribution in [1.82, 2.24) is 14.5 Å². The highest BCUT2D eigenvalue weighted by Gasteiger charge is 2.30. The Labute approximate surface area is 160 Å². The van der Waals surface area contributed by atoms with E-state index in [0.29, 0.717) is 43.0 Å². The van der Waals surface area contributed by atoms with E-state index in [4.69, 9.17) is 4.42 Å². The normalized spacial score (nSPS) is 18.7. The highest BCUT2D eigenvalue weighted by molar-refractivity contribution is 7.89. The van der Waals surface area contributed by atoms with Crippen molar-refractivity contribution in [3.05, 3.63) is 35.2 Å². The molecule has 1 aromatic heterocycles. The van der Waals surface area contributed by atoms with Crippen molar-refractivity contribution >= 4 is 16.0 Å². The summed E-state index contributed by atoms with van der Waals surface area (Å²) in [5.74, 6) is 0.783. The average molecular weight is 391 g/mol. The largest absolute Gasteiger partial charge is 0.408 e. The lowest BCUT2D eigenvalue weighted by Crippen LogP contribution is -2.48. The highest BCUT2D eigenvalue weighted by Crippen LogP contribution is 2.27. The van der Waals surface area contributed by atoms with Crippen LogP contribution in [0.15, 0.2) is 27.5 Å². The predicted molar refractivity (Wildman–Crippen MR) is 102 cm³/mol. The molecule has 0 atom stereocenters. The summed E-state index contributed by atoms with van der Waals surface area (Å²) < 4.78 is 33.4. The number of aromatic nitrogens is 2. The van der Waals surface area contributed by atoms with E-state index in [1.54, 1.807) is 10.4 Å². The number of anilines is 1. The molecule has 27 heavy (non-hydrogen) atoms. The standard InChI is InChI=1S/C19H26N4O3S/c1-14(2)18-20-21-19(26-18)22-9-11-23(12-10-22)27(24,25)17-8-7-15-5-3-4-6-16(15)13-17/h7-8,13-14H,3-6,9-12H2,1-2H3. The van der Waals surface area contributed by atoms with Gasteiger partial charge in [0.25, 0.3) is 0 Å². The fraction of sp³-hybridized carbons (Fsp3) is 0.579. The molecule has 1 saturated heterocycles. The van der Waals surface area contributed by atoms with Gasteiger partial charge in [-0.25, -0.2) is 8.42 Å². The number of piperazine rings is 1. The molecule has 8 heteroatoms. The monoisotopic (exact) mass is 390 g/mol. The van der Waals surface area contributed by atoms with Gasteiger partial charge in [0.05, 0.1) is 4.90 Å². The summed E-state index contributed by atoms with van der Waals surface area (Å²) >= 11 is 0. The lowest BCUT2D eigenvalue weighted by Gasteiger charge is -2.33. The van der Waals surface area contributed by atoms with Gasteiger partial charge in [-0.15, -0.1) is 5.10 Å². The summed E-state index contributed by atoms with van der Waals surface area (Å²) in [7, 11) is -3.47. The van der Waals surface area contributed by atoms with Gasteiger partial charge >= 0.3 is 6.01 Å². The molecule has 7 nitrogen and oxygen atoms in total. The van der Waals surface area contributed by atoms with Crippen molar-refractivity contribution in [3.8, 4) is 0 Å². The molecule has 0 spiro atoms. The molecule has 0 amide bonds. The molecule has 146 valence electrons. The number of benzene rings is 1. The van der Waals surface area contributed by atoms with Crippen LogP contribution in [0.4, 0.5) is 6.01 Å². The van der Waals surface area contributed by atoms with Gasteiger partial charge in [0.1, 0.15) is 0 Å². The maximum atomic E-state index is 13.1. The molecule has 1 aromatic carbocycles. The maximum absolute atomic E-state index is 13.1. The first kappa shape index (κ1) is 18.4. The van der Waals surface area contributed by atoms with E-state index >= 15 is 0 Å². The second-order valence-corrected chi connectivity index (χ2v) is 9.54. The van der Waals surface area contributed by atoms with E-state index in [-0.39, 0.29) is 5.92 Å². The lowest BCUT2D eigenvalue weighted by atomic mass is 9.92. The molecule has 0 N–H and O–H groups in total. The molecule has 0 radical (unpaired) electrons. The van der Waals surface area contributed by atoms with E-state index < -0.39 is 10.0 Å². The van der Waals surface area contributed by atoms with Crippen LogP contribution in [0.3, 0.4) is 0 Å². The van der Waals surface area contributed by atoms with Gasteiger partial charge in [-0.05, 0) is 48.9 Å². The van der Waals surface area contributed by atoms with Crippen LogP contribution in [-0.2, 0) is 22.9 Å². The average Bonchev–Trinajstić information content (AvgIpc) is 3.18. The number of hydrogen-bond acceptors (Lipinski definition) is 6.